The van der Waals surface area contributed by atoms with Gasteiger partial charge in [0.05, 0.1) is 25.1 Å². The van der Waals surface area contributed by atoms with Crippen LogP contribution >= 0.6 is 0 Å². The molecular weight excluding hydrogens is 455 g/mol. The number of aryl methyl sites for hydroxylation is 1. The number of sulfonamides is 1. The second-order valence-electron chi connectivity index (χ2n) is 7.81. The van der Waals surface area contributed by atoms with Gasteiger partial charge in [0.25, 0.3) is 5.91 Å². The van der Waals surface area contributed by atoms with Crippen LogP contribution in [0.2, 0.25) is 0 Å². The van der Waals surface area contributed by atoms with Crippen molar-refractivity contribution in [1.82, 2.24) is 5.32 Å². The van der Waals surface area contributed by atoms with E-state index < -0.39 is 15.8 Å². The molecule has 0 aliphatic heterocycles. The first-order valence-corrected chi connectivity index (χ1v) is 12.9. The number of carbonyl (C=O) groups excluding carboxylic acids is 1. The van der Waals surface area contributed by atoms with Crippen molar-refractivity contribution in [3.05, 3.63) is 95.3 Å². The van der Waals surface area contributed by atoms with Crippen molar-refractivity contribution in [2.45, 2.75) is 26.3 Å². The number of hydrogen-bond acceptors (Lipinski definition) is 4. The van der Waals surface area contributed by atoms with E-state index in [1.165, 1.54) is 6.07 Å². The summed E-state index contributed by atoms with van der Waals surface area (Å²) >= 11 is 0. The van der Waals surface area contributed by atoms with Crippen molar-refractivity contribution in [1.29, 1.82) is 0 Å². The van der Waals surface area contributed by atoms with Crippen LogP contribution in [0.3, 0.4) is 0 Å². The van der Waals surface area contributed by atoms with E-state index in [0.717, 1.165) is 34.7 Å². The van der Waals surface area contributed by atoms with Crippen molar-refractivity contribution in [3.63, 3.8) is 0 Å². The summed E-state index contributed by atoms with van der Waals surface area (Å²) in [5.74, 6) is 0.137. The first-order chi connectivity index (χ1) is 16.3. The minimum absolute atomic E-state index is 0.139. The Morgan fingerprint density at radius 1 is 0.971 bits per heavy atom. The maximum Gasteiger partial charge on any atom is 0.251 e. The smallest absolute Gasteiger partial charge is 0.251 e. The third kappa shape index (κ3) is 6.81. The van der Waals surface area contributed by atoms with Gasteiger partial charge in [-0.3, -0.25) is 9.10 Å². The normalized spacial score (nSPS) is 11.1. The summed E-state index contributed by atoms with van der Waals surface area (Å²) < 4.78 is 45.5. The van der Waals surface area contributed by atoms with Crippen LogP contribution in [-0.2, 0) is 23.0 Å². The van der Waals surface area contributed by atoms with Crippen LogP contribution in [0.5, 0.6) is 5.75 Å². The van der Waals surface area contributed by atoms with Gasteiger partial charge in [0.15, 0.2) is 0 Å². The lowest BCUT2D eigenvalue weighted by Gasteiger charge is -2.23. The van der Waals surface area contributed by atoms with E-state index in [1.807, 2.05) is 31.2 Å². The first-order valence-electron chi connectivity index (χ1n) is 11.1. The molecule has 0 atom stereocenters. The average molecular weight is 485 g/mol. The molecule has 1 N–H and O–H groups in total. The van der Waals surface area contributed by atoms with Gasteiger partial charge >= 0.3 is 0 Å². The van der Waals surface area contributed by atoms with Gasteiger partial charge in [0.2, 0.25) is 10.0 Å². The zero-order chi connectivity index (χ0) is 24.6. The topological polar surface area (TPSA) is 75.7 Å². The van der Waals surface area contributed by atoms with E-state index in [1.54, 1.807) is 42.5 Å². The Morgan fingerprint density at radius 3 is 2.26 bits per heavy atom. The number of anilines is 1. The SMILES string of the molecule is CCOc1ccccc1CCCNC(=O)c1ccc(N(Cc2ccccc2F)S(C)(=O)=O)cc1. The molecule has 3 aromatic rings. The Morgan fingerprint density at radius 2 is 1.62 bits per heavy atom. The highest BCUT2D eigenvalue weighted by atomic mass is 32.2. The van der Waals surface area contributed by atoms with E-state index in [2.05, 4.69) is 5.32 Å². The first kappa shape index (κ1) is 25.2. The summed E-state index contributed by atoms with van der Waals surface area (Å²) in [6.45, 7) is 2.89. The highest BCUT2D eigenvalue weighted by molar-refractivity contribution is 7.92. The quantitative estimate of drug-likeness (QED) is 0.405. The van der Waals surface area contributed by atoms with E-state index in [4.69, 9.17) is 4.74 Å². The highest BCUT2D eigenvalue weighted by Gasteiger charge is 2.20. The van der Waals surface area contributed by atoms with E-state index in [9.17, 15) is 17.6 Å². The van der Waals surface area contributed by atoms with Gasteiger partial charge in [-0.15, -0.1) is 0 Å². The molecule has 0 fully saturated rings. The molecule has 3 aromatic carbocycles. The monoisotopic (exact) mass is 484 g/mol. The maximum absolute atomic E-state index is 14.1. The van der Waals surface area contributed by atoms with Crippen molar-refractivity contribution in [2.75, 3.05) is 23.7 Å². The third-order valence-corrected chi connectivity index (χ3v) is 6.41. The van der Waals surface area contributed by atoms with Gasteiger partial charge < -0.3 is 10.1 Å². The lowest BCUT2D eigenvalue weighted by atomic mass is 10.1. The molecule has 0 saturated heterocycles. The zero-order valence-electron chi connectivity index (χ0n) is 19.3. The summed E-state index contributed by atoms with van der Waals surface area (Å²) in [4.78, 5) is 12.5. The minimum atomic E-state index is -3.66. The second kappa shape index (κ2) is 11.7. The zero-order valence-corrected chi connectivity index (χ0v) is 20.1. The predicted molar refractivity (Wildman–Crippen MR) is 132 cm³/mol. The molecule has 0 unspecified atom stereocenters. The maximum atomic E-state index is 14.1. The van der Waals surface area contributed by atoms with Crippen molar-refractivity contribution >= 4 is 21.6 Å². The van der Waals surface area contributed by atoms with Crippen molar-refractivity contribution in [3.8, 4) is 5.75 Å². The molecule has 0 aliphatic carbocycles. The second-order valence-corrected chi connectivity index (χ2v) is 9.71. The molecule has 0 radical (unpaired) electrons. The highest BCUT2D eigenvalue weighted by Crippen LogP contribution is 2.23. The number of ether oxygens (including phenoxy) is 1. The van der Waals surface area contributed by atoms with Crippen molar-refractivity contribution < 1.29 is 22.3 Å². The minimum Gasteiger partial charge on any atom is -0.494 e. The molecule has 8 heteroatoms. The standard InChI is InChI=1S/C26H29FN2O4S/c1-3-33-25-13-7-5-9-20(25)11-8-18-28-26(30)21-14-16-23(17-15-21)29(34(2,31)32)19-22-10-4-6-12-24(22)27/h4-7,9-10,12-17H,3,8,11,18-19H2,1-2H3,(H,28,30). The predicted octanol–water partition coefficient (Wildman–Crippen LogP) is 4.55. The Labute approximate surface area is 200 Å². The van der Waals surface area contributed by atoms with Crippen LogP contribution in [0, 0.1) is 5.82 Å². The summed E-state index contributed by atoms with van der Waals surface area (Å²) in [6, 6.07) is 20.1. The Balaban J connectivity index is 1.60. The van der Waals surface area contributed by atoms with Crippen LogP contribution in [0.25, 0.3) is 0 Å². The number of rotatable bonds is 11. The molecule has 3 rings (SSSR count). The van der Waals surface area contributed by atoms with Gasteiger partial charge in [-0.2, -0.15) is 0 Å². The summed E-state index contributed by atoms with van der Waals surface area (Å²) in [6.07, 6.45) is 2.59. The molecule has 0 saturated carbocycles. The number of amides is 1. The number of carbonyl (C=O) groups is 1. The molecule has 1 amide bonds. The lowest BCUT2D eigenvalue weighted by Crippen LogP contribution is -2.30. The molecule has 0 spiro atoms. The largest absolute Gasteiger partial charge is 0.494 e. The number of halogens is 1. The van der Waals surface area contributed by atoms with Crippen LogP contribution in [0.1, 0.15) is 34.8 Å². The average Bonchev–Trinajstić information content (AvgIpc) is 2.82. The number of benzene rings is 3. The van der Waals surface area contributed by atoms with E-state index in [0.29, 0.717) is 24.4 Å². The molecular formula is C26H29FN2O4S. The number of nitrogens with one attached hydrogen (secondary N) is 1. The van der Waals surface area contributed by atoms with Crippen molar-refractivity contribution in [2.24, 2.45) is 0 Å². The van der Waals surface area contributed by atoms with E-state index >= 15 is 0 Å². The summed E-state index contributed by atoms with van der Waals surface area (Å²) in [5, 5.41) is 2.89. The third-order valence-electron chi connectivity index (χ3n) is 5.27. The Bertz CT molecular complexity index is 1210. The van der Waals surface area contributed by atoms with Gasteiger partial charge in [0.1, 0.15) is 11.6 Å². The Kier molecular flexibility index (Phi) is 8.65. The Hall–Kier alpha value is -3.39. The molecule has 0 heterocycles. The van der Waals surface area contributed by atoms with Gasteiger partial charge in [-0.25, -0.2) is 12.8 Å². The lowest BCUT2D eigenvalue weighted by molar-refractivity contribution is 0.0953. The van der Waals surface area contributed by atoms with Crippen LogP contribution in [0.4, 0.5) is 10.1 Å². The molecule has 0 aromatic heterocycles. The van der Waals surface area contributed by atoms with Crippen LogP contribution in [-0.4, -0.2) is 33.7 Å². The van der Waals surface area contributed by atoms with Crippen LogP contribution in [0.15, 0.2) is 72.8 Å². The molecule has 180 valence electrons. The number of nitrogens with zero attached hydrogens (tertiary/aromatic N) is 1. The number of para-hydroxylation sites is 1. The van der Waals surface area contributed by atoms with E-state index in [-0.39, 0.29) is 18.0 Å². The van der Waals surface area contributed by atoms with Gasteiger partial charge in [0, 0.05) is 17.7 Å². The summed E-state index contributed by atoms with van der Waals surface area (Å²) in [5.41, 5.74) is 2.13. The van der Waals surface area contributed by atoms with Gasteiger partial charge in [-0.1, -0.05) is 36.4 Å². The molecule has 6 nitrogen and oxygen atoms in total. The van der Waals surface area contributed by atoms with Crippen LogP contribution < -0.4 is 14.4 Å². The molecule has 0 bridgehead atoms. The molecule has 34 heavy (non-hydrogen) atoms. The fourth-order valence-corrected chi connectivity index (χ4v) is 4.43. The molecule has 0 aliphatic rings. The summed E-state index contributed by atoms with van der Waals surface area (Å²) in [7, 11) is -3.66. The number of hydrogen-bond donors (Lipinski definition) is 1. The fourth-order valence-electron chi connectivity index (χ4n) is 3.55. The fraction of sp³-hybridized carbons (Fsp3) is 0.269. The van der Waals surface area contributed by atoms with Gasteiger partial charge in [-0.05, 0) is 61.7 Å².